The summed E-state index contributed by atoms with van der Waals surface area (Å²) in [7, 11) is 0. The molecule has 3 rings (SSSR count). The molecule has 0 aromatic carbocycles. The average molecular weight is 248 g/mol. The molecule has 1 unspecified atom stereocenters. The van der Waals surface area contributed by atoms with E-state index in [1.165, 1.54) is 12.0 Å². The van der Waals surface area contributed by atoms with Crippen LogP contribution in [-0.2, 0) is 13.0 Å². The van der Waals surface area contributed by atoms with Crippen LogP contribution >= 0.6 is 11.3 Å². The van der Waals surface area contributed by atoms with Crippen LogP contribution in [-0.4, -0.2) is 14.7 Å². The number of thiazole rings is 1. The molecule has 1 atom stereocenters. The van der Waals surface area contributed by atoms with Crippen LogP contribution in [0.2, 0.25) is 0 Å². The van der Waals surface area contributed by atoms with E-state index in [1.54, 1.807) is 11.3 Å². The molecule has 1 aliphatic carbocycles. The van der Waals surface area contributed by atoms with Crippen molar-refractivity contribution in [3.8, 4) is 0 Å². The summed E-state index contributed by atoms with van der Waals surface area (Å²) in [6, 6.07) is 0. The van der Waals surface area contributed by atoms with Gasteiger partial charge in [0.05, 0.1) is 12.6 Å². The molecular formula is C13H16N2OS. The van der Waals surface area contributed by atoms with Crippen LogP contribution in [0.1, 0.15) is 41.5 Å². The molecule has 4 heteroatoms. The van der Waals surface area contributed by atoms with Gasteiger partial charge in [-0.05, 0) is 24.8 Å². The molecule has 1 aliphatic rings. The molecule has 0 bridgehead atoms. The third-order valence-electron chi connectivity index (χ3n) is 3.33. The number of aliphatic hydroxyl groups excluding tert-OH is 1. The molecule has 0 saturated heterocycles. The largest absolute Gasteiger partial charge is 0.388 e. The number of fused-ring (bicyclic) bond motifs is 1. The Morgan fingerprint density at radius 1 is 1.41 bits per heavy atom. The van der Waals surface area contributed by atoms with Gasteiger partial charge in [-0.1, -0.05) is 6.42 Å². The summed E-state index contributed by atoms with van der Waals surface area (Å²) in [4.78, 5) is 4.29. The first-order chi connectivity index (χ1) is 8.33. The smallest absolute Gasteiger partial charge is 0.112 e. The minimum atomic E-state index is -0.273. The summed E-state index contributed by atoms with van der Waals surface area (Å²) in [5.74, 6) is 0. The zero-order valence-corrected chi connectivity index (χ0v) is 10.5. The maximum Gasteiger partial charge on any atom is 0.112 e. The molecule has 1 N–H and O–H groups in total. The Morgan fingerprint density at radius 2 is 2.35 bits per heavy atom. The Kier molecular flexibility index (Phi) is 2.99. The molecule has 0 saturated carbocycles. The van der Waals surface area contributed by atoms with Crippen LogP contribution in [0.15, 0.2) is 24.0 Å². The predicted octanol–water partition coefficient (Wildman–Crippen LogP) is 2.75. The summed E-state index contributed by atoms with van der Waals surface area (Å²) in [6.45, 7) is 0.817. The van der Waals surface area contributed by atoms with Crippen molar-refractivity contribution in [2.45, 2.75) is 38.3 Å². The van der Waals surface area contributed by atoms with Crippen LogP contribution in [0.4, 0.5) is 0 Å². The lowest BCUT2D eigenvalue weighted by Crippen LogP contribution is -1.97. The van der Waals surface area contributed by atoms with Gasteiger partial charge < -0.3 is 9.67 Å². The highest BCUT2D eigenvalue weighted by Gasteiger charge is 2.18. The van der Waals surface area contributed by atoms with Gasteiger partial charge in [0.25, 0.3) is 0 Å². The standard InChI is InChI=1S/C13H16N2OS/c16-12-4-2-1-3-10-7-15(8-11(10)12)9-13-14-5-6-17-13/h5-8,12,16H,1-4,9H2. The van der Waals surface area contributed by atoms with Gasteiger partial charge in [0.2, 0.25) is 0 Å². The topological polar surface area (TPSA) is 38.0 Å². The molecule has 0 fully saturated rings. The van der Waals surface area contributed by atoms with Gasteiger partial charge in [0, 0.05) is 29.5 Å². The number of aromatic nitrogens is 2. The van der Waals surface area contributed by atoms with E-state index in [0.29, 0.717) is 0 Å². The first-order valence-electron chi connectivity index (χ1n) is 6.08. The van der Waals surface area contributed by atoms with Crippen LogP contribution < -0.4 is 0 Å². The fraction of sp³-hybridized carbons (Fsp3) is 0.462. The summed E-state index contributed by atoms with van der Waals surface area (Å²) in [6.07, 6.45) is 10.1. The van der Waals surface area contributed by atoms with Crippen molar-refractivity contribution < 1.29 is 5.11 Å². The van der Waals surface area contributed by atoms with E-state index in [9.17, 15) is 5.11 Å². The van der Waals surface area contributed by atoms with Gasteiger partial charge in [-0.25, -0.2) is 4.98 Å². The van der Waals surface area contributed by atoms with Crippen LogP contribution in [0, 0.1) is 0 Å². The van der Waals surface area contributed by atoms with Crippen molar-refractivity contribution in [1.82, 2.24) is 9.55 Å². The van der Waals surface area contributed by atoms with E-state index < -0.39 is 0 Å². The third kappa shape index (κ3) is 2.28. The SMILES string of the molecule is OC1CCCCc2cn(Cc3nccs3)cc21. The first-order valence-corrected chi connectivity index (χ1v) is 6.96. The second kappa shape index (κ2) is 4.63. The lowest BCUT2D eigenvalue weighted by molar-refractivity contribution is 0.166. The molecule has 0 radical (unpaired) electrons. The van der Waals surface area contributed by atoms with E-state index in [2.05, 4.69) is 21.9 Å². The van der Waals surface area contributed by atoms with Crippen molar-refractivity contribution in [3.63, 3.8) is 0 Å². The van der Waals surface area contributed by atoms with Gasteiger partial charge in [0.1, 0.15) is 5.01 Å². The highest BCUT2D eigenvalue weighted by molar-refractivity contribution is 7.09. The minimum absolute atomic E-state index is 0.273. The molecule has 2 aromatic heterocycles. The molecule has 2 aromatic rings. The number of hydrogen-bond acceptors (Lipinski definition) is 3. The molecule has 0 amide bonds. The number of hydrogen-bond donors (Lipinski definition) is 1. The Balaban J connectivity index is 1.86. The monoisotopic (exact) mass is 248 g/mol. The molecule has 2 heterocycles. The van der Waals surface area contributed by atoms with Crippen molar-refractivity contribution in [1.29, 1.82) is 0 Å². The lowest BCUT2D eigenvalue weighted by Gasteiger charge is -2.06. The van der Waals surface area contributed by atoms with E-state index in [-0.39, 0.29) is 6.10 Å². The summed E-state index contributed by atoms with van der Waals surface area (Å²) < 4.78 is 2.15. The normalized spacial score (nSPS) is 19.9. The first kappa shape index (κ1) is 11.0. The number of rotatable bonds is 2. The zero-order valence-electron chi connectivity index (χ0n) is 9.67. The highest BCUT2D eigenvalue weighted by atomic mass is 32.1. The molecule has 3 nitrogen and oxygen atoms in total. The predicted molar refractivity (Wildman–Crippen MR) is 68.2 cm³/mol. The van der Waals surface area contributed by atoms with E-state index >= 15 is 0 Å². The molecule has 17 heavy (non-hydrogen) atoms. The van der Waals surface area contributed by atoms with Crippen molar-refractivity contribution in [3.05, 3.63) is 40.1 Å². The summed E-state index contributed by atoms with van der Waals surface area (Å²) in [5, 5.41) is 13.2. The highest BCUT2D eigenvalue weighted by Crippen LogP contribution is 2.29. The third-order valence-corrected chi connectivity index (χ3v) is 4.10. The van der Waals surface area contributed by atoms with E-state index in [4.69, 9.17) is 0 Å². The van der Waals surface area contributed by atoms with Crippen LogP contribution in [0.25, 0.3) is 0 Å². The molecule has 0 aliphatic heterocycles. The Hall–Kier alpha value is -1.13. The Labute approximate surface area is 105 Å². The number of aliphatic hydroxyl groups is 1. The Morgan fingerprint density at radius 3 is 3.18 bits per heavy atom. The lowest BCUT2D eigenvalue weighted by atomic mass is 10.1. The maximum atomic E-state index is 10.1. The van der Waals surface area contributed by atoms with Crippen molar-refractivity contribution >= 4 is 11.3 Å². The van der Waals surface area contributed by atoms with E-state index in [1.807, 2.05) is 11.6 Å². The minimum Gasteiger partial charge on any atom is -0.388 e. The second-order valence-corrected chi connectivity index (χ2v) is 5.58. The maximum absolute atomic E-state index is 10.1. The number of aryl methyl sites for hydroxylation is 1. The molecular weight excluding hydrogens is 232 g/mol. The fourth-order valence-corrected chi connectivity index (χ4v) is 3.09. The molecule has 0 spiro atoms. The number of nitrogens with zero attached hydrogens (tertiary/aromatic N) is 2. The second-order valence-electron chi connectivity index (χ2n) is 4.60. The quantitative estimate of drug-likeness (QED) is 0.830. The van der Waals surface area contributed by atoms with Crippen molar-refractivity contribution in [2.24, 2.45) is 0 Å². The average Bonchev–Trinajstić information content (AvgIpc) is 2.92. The fourth-order valence-electron chi connectivity index (χ4n) is 2.47. The summed E-state index contributed by atoms with van der Waals surface area (Å²) >= 11 is 1.67. The van der Waals surface area contributed by atoms with Gasteiger partial charge in [-0.3, -0.25) is 0 Å². The van der Waals surface area contributed by atoms with Crippen LogP contribution in [0.5, 0.6) is 0 Å². The van der Waals surface area contributed by atoms with Gasteiger partial charge in [-0.15, -0.1) is 11.3 Å². The zero-order chi connectivity index (χ0) is 11.7. The van der Waals surface area contributed by atoms with Gasteiger partial charge in [0.15, 0.2) is 0 Å². The van der Waals surface area contributed by atoms with Gasteiger partial charge >= 0.3 is 0 Å². The van der Waals surface area contributed by atoms with Crippen molar-refractivity contribution in [2.75, 3.05) is 0 Å². The van der Waals surface area contributed by atoms with Crippen LogP contribution in [0.3, 0.4) is 0 Å². The van der Waals surface area contributed by atoms with E-state index in [0.717, 1.165) is 36.4 Å². The summed E-state index contributed by atoms with van der Waals surface area (Å²) in [5.41, 5.74) is 2.44. The Bertz CT molecular complexity index is 489. The molecule has 90 valence electrons. The van der Waals surface area contributed by atoms with Gasteiger partial charge in [-0.2, -0.15) is 0 Å².